The highest BCUT2D eigenvalue weighted by molar-refractivity contribution is 5.45. The van der Waals surface area contributed by atoms with Crippen LogP contribution in [0.15, 0.2) is 48.9 Å². The first-order valence-electron chi connectivity index (χ1n) is 6.86. The third kappa shape index (κ3) is 3.03. The minimum atomic E-state index is 0.151. The Balaban J connectivity index is 1.70. The number of rotatable bonds is 5. The molecule has 0 amide bonds. The highest BCUT2D eigenvalue weighted by Crippen LogP contribution is 2.20. The lowest BCUT2D eigenvalue weighted by atomic mass is 10.1. The molecule has 2 aromatic heterocycles. The molecule has 1 atom stereocenters. The average molecular weight is 296 g/mol. The average Bonchev–Trinajstić information content (AvgIpc) is 3.10. The zero-order chi connectivity index (χ0) is 15.4. The Morgan fingerprint density at radius 3 is 2.55 bits per heavy atom. The molecule has 3 aromatic rings. The summed E-state index contributed by atoms with van der Waals surface area (Å²) < 4.78 is 6.67. The molecule has 7 nitrogen and oxygen atoms in total. The largest absolute Gasteiger partial charge is 0.481 e. The number of anilines is 1. The topological polar surface area (TPSA) is 77.8 Å². The van der Waals surface area contributed by atoms with E-state index in [4.69, 9.17) is 4.74 Å². The number of tetrazole rings is 1. The normalized spacial score (nSPS) is 11.9. The minimum Gasteiger partial charge on any atom is -0.481 e. The van der Waals surface area contributed by atoms with E-state index in [2.05, 4.69) is 32.7 Å². The van der Waals surface area contributed by atoms with E-state index in [1.54, 1.807) is 24.3 Å². The predicted octanol–water partition coefficient (Wildman–Crippen LogP) is 2.24. The lowest BCUT2D eigenvalue weighted by Crippen LogP contribution is -2.07. The van der Waals surface area contributed by atoms with Crippen molar-refractivity contribution in [2.24, 2.45) is 0 Å². The summed E-state index contributed by atoms with van der Waals surface area (Å²) in [6.07, 6.45) is 3.32. The molecule has 0 radical (unpaired) electrons. The monoisotopic (exact) mass is 296 g/mol. The summed E-state index contributed by atoms with van der Waals surface area (Å²) in [5.74, 6) is 0.601. The summed E-state index contributed by atoms with van der Waals surface area (Å²) >= 11 is 0. The molecule has 0 aliphatic rings. The zero-order valence-corrected chi connectivity index (χ0v) is 12.3. The highest BCUT2D eigenvalue weighted by atomic mass is 16.5. The summed E-state index contributed by atoms with van der Waals surface area (Å²) in [6, 6.07) is 12.0. The molecule has 112 valence electrons. The van der Waals surface area contributed by atoms with E-state index in [-0.39, 0.29) is 6.04 Å². The van der Waals surface area contributed by atoms with Crippen LogP contribution in [-0.2, 0) is 0 Å². The van der Waals surface area contributed by atoms with Crippen molar-refractivity contribution in [3.8, 4) is 11.6 Å². The number of nitrogens with one attached hydrogen (secondary N) is 1. The van der Waals surface area contributed by atoms with Gasteiger partial charge in [-0.1, -0.05) is 12.1 Å². The molecule has 0 saturated carbocycles. The van der Waals surface area contributed by atoms with Gasteiger partial charge in [0.25, 0.3) is 0 Å². The molecule has 0 bridgehead atoms. The standard InChI is InChI=1S/C15H16N6O/c1-11(18-13-5-8-15(22-2)16-9-13)12-3-6-14(7-4-12)21-10-17-19-20-21/h3-11,18H,1-2H3. The third-order valence-corrected chi connectivity index (χ3v) is 3.34. The molecule has 1 unspecified atom stereocenters. The van der Waals surface area contributed by atoms with Gasteiger partial charge in [0.1, 0.15) is 6.33 Å². The van der Waals surface area contributed by atoms with E-state index in [1.807, 2.05) is 36.4 Å². The second kappa shape index (κ2) is 6.21. The van der Waals surface area contributed by atoms with Crippen molar-refractivity contribution in [1.82, 2.24) is 25.2 Å². The van der Waals surface area contributed by atoms with E-state index >= 15 is 0 Å². The molecule has 22 heavy (non-hydrogen) atoms. The van der Waals surface area contributed by atoms with Crippen molar-refractivity contribution in [1.29, 1.82) is 0 Å². The molecule has 2 heterocycles. The van der Waals surface area contributed by atoms with Crippen molar-refractivity contribution in [2.45, 2.75) is 13.0 Å². The van der Waals surface area contributed by atoms with Gasteiger partial charge in [-0.25, -0.2) is 9.67 Å². The molecule has 1 aromatic carbocycles. The highest BCUT2D eigenvalue weighted by Gasteiger charge is 2.06. The van der Waals surface area contributed by atoms with Crippen LogP contribution in [0.25, 0.3) is 5.69 Å². The van der Waals surface area contributed by atoms with Gasteiger partial charge < -0.3 is 10.1 Å². The summed E-state index contributed by atoms with van der Waals surface area (Å²) in [6.45, 7) is 2.09. The van der Waals surface area contributed by atoms with E-state index in [0.29, 0.717) is 5.88 Å². The number of aromatic nitrogens is 5. The van der Waals surface area contributed by atoms with Crippen LogP contribution in [0.5, 0.6) is 5.88 Å². The van der Waals surface area contributed by atoms with Gasteiger partial charge in [-0.2, -0.15) is 0 Å². The van der Waals surface area contributed by atoms with Crippen molar-refractivity contribution in [2.75, 3.05) is 12.4 Å². The van der Waals surface area contributed by atoms with Crippen molar-refractivity contribution in [3.63, 3.8) is 0 Å². The van der Waals surface area contributed by atoms with Crippen molar-refractivity contribution < 1.29 is 4.74 Å². The predicted molar refractivity (Wildman–Crippen MR) is 82.0 cm³/mol. The number of hydrogen-bond donors (Lipinski definition) is 1. The fourth-order valence-corrected chi connectivity index (χ4v) is 2.12. The van der Waals surface area contributed by atoms with Gasteiger partial charge in [-0.15, -0.1) is 5.10 Å². The van der Waals surface area contributed by atoms with Gasteiger partial charge in [0.15, 0.2) is 0 Å². The number of ether oxygens (including phenoxy) is 1. The molecule has 0 aliphatic heterocycles. The van der Waals surface area contributed by atoms with Gasteiger partial charge >= 0.3 is 0 Å². The summed E-state index contributed by atoms with van der Waals surface area (Å²) in [7, 11) is 1.60. The smallest absolute Gasteiger partial charge is 0.213 e. The second-order valence-corrected chi connectivity index (χ2v) is 4.80. The Kier molecular flexibility index (Phi) is 3.95. The quantitative estimate of drug-likeness (QED) is 0.778. The van der Waals surface area contributed by atoms with E-state index in [0.717, 1.165) is 16.9 Å². The zero-order valence-electron chi connectivity index (χ0n) is 12.3. The lowest BCUT2D eigenvalue weighted by molar-refractivity contribution is 0.398. The summed E-state index contributed by atoms with van der Waals surface area (Å²) in [5, 5.41) is 14.5. The van der Waals surface area contributed by atoms with E-state index in [9.17, 15) is 0 Å². The number of hydrogen-bond acceptors (Lipinski definition) is 6. The Bertz CT molecular complexity index is 709. The lowest BCUT2D eigenvalue weighted by Gasteiger charge is -2.16. The second-order valence-electron chi connectivity index (χ2n) is 4.80. The molecule has 1 N–H and O–H groups in total. The van der Waals surface area contributed by atoms with Crippen LogP contribution in [0.2, 0.25) is 0 Å². The fraction of sp³-hybridized carbons (Fsp3) is 0.200. The van der Waals surface area contributed by atoms with Gasteiger partial charge in [-0.3, -0.25) is 0 Å². The molecular formula is C15H16N6O. The maximum atomic E-state index is 5.05. The van der Waals surface area contributed by atoms with Crippen LogP contribution in [-0.4, -0.2) is 32.3 Å². The molecule has 7 heteroatoms. The molecule has 0 fully saturated rings. The fourth-order valence-electron chi connectivity index (χ4n) is 2.12. The van der Waals surface area contributed by atoms with Crippen LogP contribution >= 0.6 is 0 Å². The number of nitrogens with zero attached hydrogens (tertiary/aromatic N) is 5. The van der Waals surface area contributed by atoms with Gasteiger partial charge in [-0.05, 0) is 41.1 Å². The first kappa shape index (κ1) is 14.0. The Morgan fingerprint density at radius 1 is 1.14 bits per heavy atom. The van der Waals surface area contributed by atoms with Crippen molar-refractivity contribution in [3.05, 3.63) is 54.5 Å². The SMILES string of the molecule is COc1ccc(NC(C)c2ccc(-n3cnnn3)cc2)cn1. The van der Waals surface area contributed by atoms with Gasteiger partial charge in [0.05, 0.1) is 24.7 Å². The van der Waals surface area contributed by atoms with Crippen LogP contribution in [0.3, 0.4) is 0 Å². The number of pyridine rings is 1. The van der Waals surface area contributed by atoms with Crippen LogP contribution in [0, 0.1) is 0 Å². The maximum absolute atomic E-state index is 5.05. The molecule has 0 saturated heterocycles. The molecular weight excluding hydrogens is 280 g/mol. The van der Waals surface area contributed by atoms with Gasteiger partial charge in [0, 0.05) is 12.1 Å². The molecule has 3 rings (SSSR count). The first-order valence-corrected chi connectivity index (χ1v) is 6.86. The molecule has 0 aliphatic carbocycles. The van der Waals surface area contributed by atoms with Crippen LogP contribution in [0.1, 0.15) is 18.5 Å². The summed E-state index contributed by atoms with van der Waals surface area (Å²) in [4.78, 5) is 4.18. The minimum absolute atomic E-state index is 0.151. The third-order valence-electron chi connectivity index (χ3n) is 3.34. The summed E-state index contributed by atoms with van der Waals surface area (Å²) in [5.41, 5.74) is 3.03. The number of methoxy groups -OCH3 is 1. The Hall–Kier alpha value is -2.96. The Labute approximate surface area is 128 Å². The number of benzene rings is 1. The van der Waals surface area contributed by atoms with Crippen LogP contribution in [0.4, 0.5) is 5.69 Å². The van der Waals surface area contributed by atoms with E-state index in [1.165, 1.54) is 0 Å². The molecule has 0 spiro atoms. The van der Waals surface area contributed by atoms with Gasteiger partial charge in [0.2, 0.25) is 5.88 Å². The van der Waals surface area contributed by atoms with E-state index < -0.39 is 0 Å². The van der Waals surface area contributed by atoms with Crippen LogP contribution < -0.4 is 10.1 Å². The first-order chi connectivity index (χ1) is 10.8. The maximum Gasteiger partial charge on any atom is 0.213 e. The Morgan fingerprint density at radius 2 is 1.95 bits per heavy atom. The van der Waals surface area contributed by atoms with Crippen molar-refractivity contribution >= 4 is 5.69 Å².